The molecule has 0 radical (unpaired) electrons. The average Bonchev–Trinajstić information content (AvgIpc) is 1.61. The van der Waals surface area contributed by atoms with Crippen LogP contribution in [0.15, 0.2) is 24.9 Å². The van der Waals surface area contributed by atoms with Crippen LogP contribution in [0.1, 0.15) is 0 Å². The number of rotatable bonds is 2. The minimum absolute atomic E-state index is 1.59. The summed E-state index contributed by atoms with van der Waals surface area (Å²) in [5.41, 5.74) is 2.32. The SMILES string of the molecule is C=C/C=C/NN. The molecule has 0 aliphatic heterocycles. The Bertz CT molecular complexity index is 56.6. The predicted octanol–water partition coefficient (Wildman–Crippen LogP) is 0.149. The first-order valence-electron chi connectivity index (χ1n) is 1.65. The fourth-order valence-electron chi connectivity index (χ4n) is 0.124. The standard InChI is InChI=1S/C4H8N2/c1-2-3-4-6-5/h2-4,6H,1,5H2/b4-3+. The summed E-state index contributed by atoms with van der Waals surface area (Å²) in [6.07, 6.45) is 4.94. The average molecular weight is 84.1 g/mol. The van der Waals surface area contributed by atoms with Gasteiger partial charge in [0.1, 0.15) is 0 Å². The first-order valence-corrected chi connectivity index (χ1v) is 1.65. The van der Waals surface area contributed by atoms with Crippen molar-refractivity contribution in [2.45, 2.75) is 0 Å². The number of hydrazine groups is 1. The van der Waals surface area contributed by atoms with Crippen LogP contribution >= 0.6 is 0 Å². The normalized spacial score (nSPS) is 8.83. The first kappa shape index (κ1) is 5.24. The highest BCUT2D eigenvalue weighted by Gasteiger charge is 1.49. The molecular formula is C4H8N2. The topological polar surface area (TPSA) is 38.0 Å². The highest BCUT2D eigenvalue weighted by molar-refractivity contribution is 4.94. The predicted molar refractivity (Wildman–Crippen MR) is 26.7 cm³/mol. The summed E-state index contributed by atoms with van der Waals surface area (Å²) >= 11 is 0. The van der Waals surface area contributed by atoms with Gasteiger partial charge in [-0.1, -0.05) is 12.7 Å². The van der Waals surface area contributed by atoms with Crippen LogP contribution in [-0.2, 0) is 0 Å². The Labute approximate surface area is 37.3 Å². The molecule has 0 fully saturated rings. The van der Waals surface area contributed by atoms with Gasteiger partial charge in [-0.2, -0.15) is 0 Å². The van der Waals surface area contributed by atoms with Gasteiger partial charge in [0.15, 0.2) is 0 Å². The van der Waals surface area contributed by atoms with Crippen molar-refractivity contribution >= 4 is 0 Å². The van der Waals surface area contributed by atoms with E-state index in [1.807, 2.05) is 0 Å². The van der Waals surface area contributed by atoms with Crippen molar-refractivity contribution in [3.8, 4) is 0 Å². The molecule has 0 atom stereocenters. The Morgan fingerprint density at radius 1 is 1.67 bits per heavy atom. The van der Waals surface area contributed by atoms with Gasteiger partial charge in [-0.05, 0) is 6.08 Å². The lowest BCUT2D eigenvalue weighted by Gasteiger charge is -1.77. The lowest BCUT2D eigenvalue weighted by atomic mass is 10.6. The smallest absolute Gasteiger partial charge is 0.0122 e. The summed E-state index contributed by atoms with van der Waals surface area (Å²) in [5.74, 6) is 4.83. The zero-order valence-corrected chi connectivity index (χ0v) is 3.52. The Morgan fingerprint density at radius 3 is 2.50 bits per heavy atom. The van der Waals surface area contributed by atoms with Crippen LogP contribution in [0.2, 0.25) is 0 Å². The van der Waals surface area contributed by atoms with Gasteiger partial charge >= 0.3 is 0 Å². The van der Waals surface area contributed by atoms with Crippen LogP contribution in [0.3, 0.4) is 0 Å². The molecule has 0 saturated heterocycles. The van der Waals surface area contributed by atoms with Gasteiger partial charge in [0.2, 0.25) is 0 Å². The summed E-state index contributed by atoms with van der Waals surface area (Å²) in [7, 11) is 0. The van der Waals surface area contributed by atoms with Crippen molar-refractivity contribution < 1.29 is 0 Å². The van der Waals surface area contributed by atoms with E-state index >= 15 is 0 Å². The summed E-state index contributed by atoms with van der Waals surface area (Å²) in [4.78, 5) is 0. The van der Waals surface area contributed by atoms with Crippen LogP contribution in [0.4, 0.5) is 0 Å². The number of nitrogens with two attached hydrogens (primary N) is 1. The second kappa shape index (κ2) is 4.24. The van der Waals surface area contributed by atoms with Gasteiger partial charge in [0.25, 0.3) is 0 Å². The van der Waals surface area contributed by atoms with E-state index in [0.29, 0.717) is 0 Å². The molecular weight excluding hydrogens is 76.1 g/mol. The Morgan fingerprint density at radius 2 is 2.33 bits per heavy atom. The molecule has 0 heterocycles. The quantitative estimate of drug-likeness (QED) is 0.284. The van der Waals surface area contributed by atoms with Crippen molar-refractivity contribution in [1.82, 2.24) is 5.43 Å². The van der Waals surface area contributed by atoms with Crippen LogP contribution in [-0.4, -0.2) is 0 Å². The second-order valence-corrected chi connectivity index (χ2v) is 0.761. The van der Waals surface area contributed by atoms with Crippen molar-refractivity contribution in [2.75, 3.05) is 0 Å². The van der Waals surface area contributed by atoms with Crippen molar-refractivity contribution in [3.63, 3.8) is 0 Å². The molecule has 0 spiro atoms. The molecule has 0 aromatic heterocycles. The zero-order valence-electron chi connectivity index (χ0n) is 3.52. The van der Waals surface area contributed by atoms with Gasteiger partial charge in [-0.25, -0.2) is 0 Å². The summed E-state index contributed by atoms with van der Waals surface area (Å²) in [6.45, 7) is 3.42. The maximum Gasteiger partial charge on any atom is 0.0122 e. The fraction of sp³-hybridized carbons (Fsp3) is 0. The number of hydrogen-bond acceptors (Lipinski definition) is 2. The number of nitrogens with one attached hydrogen (secondary N) is 1. The minimum atomic E-state index is 1.59. The molecule has 0 aliphatic carbocycles. The Hall–Kier alpha value is -0.760. The first-order chi connectivity index (χ1) is 2.91. The molecule has 0 unspecified atom stereocenters. The van der Waals surface area contributed by atoms with Crippen LogP contribution in [0, 0.1) is 0 Å². The third kappa shape index (κ3) is 3.24. The molecule has 34 valence electrons. The van der Waals surface area contributed by atoms with Gasteiger partial charge in [-0.15, -0.1) is 0 Å². The molecule has 2 heteroatoms. The Balaban J connectivity index is 2.94. The van der Waals surface area contributed by atoms with Gasteiger partial charge in [0.05, 0.1) is 0 Å². The van der Waals surface area contributed by atoms with Crippen molar-refractivity contribution in [3.05, 3.63) is 24.9 Å². The van der Waals surface area contributed by atoms with E-state index in [2.05, 4.69) is 12.0 Å². The molecule has 0 bridgehead atoms. The zero-order chi connectivity index (χ0) is 4.83. The molecule has 0 amide bonds. The van der Waals surface area contributed by atoms with Crippen LogP contribution in [0.25, 0.3) is 0 Å². The molecule has 2 nitrogen and oxygen atoms in total. The Kier molecular flexibility index (Phi) is 3.70. The van der Waals surface area contributed by atoms with E-state index in [0.717, 1.165) is 0 Å². The fourth-order valence-corrected chi connectivity index (χ4v) is 0.124. The summed E-state index contributed by atoms with van der Waals surface area (Å²) < 4.78 is 0. The van der Waals surface area contributed by atoms with E-state index in [9.17, 15) is 0 Å². The van der Waals surface area contributed by atoms with Crippen LogP contribution < -0.4 is 11.3 Å². The second-order valence-electron chi connectivity index (χ2n) is 0.761. The van der Waals surface area contributed by atoms with Crippen molar-refractivity contribution in [1.29, 1.82) is 0 Å². The molecule has 0 rings (SSSR count). The molecule has 3 N–H and O–H groups in total. The molecule has 6 heavy (non-hydrogen) atoms. The van der Waals surface area contributed by atoms with E-state index in [-0.39, 0.29) is 0 Å². The lowest BCUT2D eigenvalue weighted by Crippen LogP contribution is -2.12. The number of hydrogen-bond donors (Lipinski definition) is 2. The number of allylic oxidation sites excluding steroid dienone is 2. The van der Waals surface area contributed by atoms with Gasteiger partial charge in [0, 0.05) is 6.20 Å². The van der Waals surface area contributed by atoms with E-state index in [1.165, 1.54) is 0 Å². The maximum atomic E-state index is 4.83. The molecule has 0 saturated carbocycles. The lowest BCUT2D eigenvalue weighted by molar-refractivity contribution is 0.968. The highest BCUT2D eigenvalue weighted by atomic mass is 15.2. The third-order valence-corrected chi connectivity index (χ3v) is 0.329. The third-order valence-electron chi connectivity index (χ3n) is 0.329. The van der Waals surface area contributed by atoms with E-state index in [1.54, 1.807) is 18.4 Å². The summed E-state index contributed by atoms with van der Waals surface area (Å²) in [6, 6.07) is 0. The van der Waals surface area contributed by atoms with Crippen LogP contribution in [0.5, 0.6) is 0 Å². The molecule has 0 aromatic rings. The molecule has 0 aromatic carbocycles. The van der Waals surface area contributed by atoms with Crippen molar-refractivity contribution in [2.24, 2.45) is 5.84 Å². The van der Waals surface area contributed by atoms with Gasteiger partial charge in [-0.3, -0.25) is 5.84 Å². The maximum absolute atomic E-state index is 4.83. The minimum Gasteiger partial charge on any atom is -0.331 e. The van der Waals surface area contributed by atoms with E-state index in [4.69, 9.17) is 5.84 Å². The van der Waals surface area contributed by atoms with Gasteiger partial charge < -0.3 is 5.43 Å². The largest absolute Gasteiger partial charge is 0.331 e. The highest BCUT2D eigenvalue weighted by Crippen LogP contribution is 1.60. The molecule has 0 aliphatic rings. The summed E-state index contributed by atoms with van der Waals surface area (Å²) in [5, 5.41) is 0. The van der Waals surface area contributed by atoms with E-state index < -0.39 is 0 Å². The monoisotopic (exact) mass is 84.1 g/mol.